The molecule has 2 aromatic rings. The Morgan fingerprint density at radius 2 is 1.85 bits per heavy atom. The fourth-order valence-electron chi connectivity index (χ4n) is 3.00. The molecule has 0 bridgehead atoms. The lowest BCUT2D eigenvalue weighted by Gasteiger charge is -2.17. The van der Waals surface area contributed by atoms with Gasteiger partial charge in [-0.2, -0.15) is 0 Å². The lowest BCUT2D eigenvalue weighted by atomic mass is 10.1. The smallest absolute Gasteiger partial charge is 0.322 e. The fourth-order valence-corrected chi connectivity index (χ4v) is 4.06. The topological polar surface area (TPSA) is 205 Å². The Morgan fingerprint density at radius 3 is 2.52 bits per heavy atom. The summed E-state index contributed by atoms with van der Waals surface area (Å²) in [4.78, 5) is 49.2. The van der Waals surface area contributed by atoms with Crippen molar-refractivity contribution in [1.29, 1.82) is 0 Å². The Hall–Kier alpha value is -0.970. The number of nitrogens with zero attached hydrogens (tertiary/aromatic N) is 4. The minimum atomic E-state index is -3.95. The summed E-state index contributed by atoms with van der Waals surface area (Å²) in [5.41, 5.74) is 1.38. The maximum absolute atomic E-state index is 10.4. The lowest BCUT2D eigenvalue weighted by Crippen LogP contribution is -2.33. The van der Waals surface area contributed by atoms with Gasteiger partial charge in [-0.25, -0.2) is 15.0 Å². The molecule has 0 aliphatic carbocycles. The number of aliphatic hydroxyl groups is 2. The van der Waals surface area contributed by atoms with Crippen molar-refractivity contribution in [2.75, 3.05) is 25.1 Å². The number of nitrogens with one attached hydrogen (secondary N) is 1. The van der Waals surface area contributed by atoms with Crippen LogP contribution in [0.25, 0.3) is 11.2 Å². The summed E-state index contributed by atoms with van der Waals surface area (Å²) in [6.07, 6.45) is -0.505. The lowest BCUT2D eigenvalue weighted by molar-refractivity contribution is -0.0487. The highest BCUT2D eigenvalue weighted by Gasteiger charge is 2.45. The summed E-state index contributed by atoms with van der Waals surface area (Å²) in [5.74, 6) is 0.382. The van der Waals surface area contributed by atoms with E-state index in [1.165, 1.54) is 17.2 Å². The Labute approximate surface area is 198 Å². The molecule has 1 saturated heterocycles. The highest BCUT2D eigenvalue weighted by atomic mass is 32.5. The third-order valence-corrected chi connectivity index (χ3v) is 6.14. The van der Waals surface area contributed by atoms with Gasteiger partial charge in [0.25, 0.3) is 0 Å². The second kappa shape index (κ2) is 10.7. The number of ether oxygens (including phenoxy) is 1. The van der Waals surface area contributed by atoms with Crippen LogP contribution in [0.2, 0.25) is 0 Å². The molecule has 33 heavy (non-hydrogen) atoms. The van der Waals surface area contributed by atoms with Crippen LogP contribution in [0.4, 0.5) is 5.82 Å². The van der Waals surface area contributed by atoms with Crippen molar-refractivity contribution >= 4 is 54.0 Å². The molecule has 18 heteroatoms. The highest BCUT2D eigenvalue weighted by Crippen LogP contribution is 2.39. The van der Waals surface area contributed by atoms with Crippen LogP contribution in [0.15, 0.2) is 24.3 Å². The van der Waals surface area contributed by atoms with E-state index in [9.17, 15) is 20.0 Å². The Balaban J connectivity index is 1.71. The molecule has 7 N–H and O–H groups in total. The van der Waals surface area contributed by atoms with Crippen LogP contribution < -0.4 is 5.32 Å². The molecule has 1 fully saturated rings. The Morgan fingerprint density at radius 1 is 1.15 bits per heavy atom. The van der Waals surface area contributed by atoms with Gasteiger partial charge in [-0.3, -0.25) is 4.57 Å². The third kappa shape index (κ3) is 7.26. The molecule has 0 aromatic carbocycles. The molecule has 0 radical (unpaired) electrons. The van der Waals surface area contributed by atoms with Gasteiger partial charge in [-0.15, -0.1) is 0 Å². The molecule has 3 heterocycles. The van der Waals surface area contributed by atoms with E-state index < -0.39 is 44.6 Å². The average Bonchev–Trinajstić information content (AvgIpc) is 3.26. The van der Waals surface area contributed by atoms with Crippen molar-refractivity contribution in [2.24, 2.45) is 0 Å². The SMILES string of the molecule is C/C(=C\CNc1ncnc2c1ncn2[C@@H]1O[C@H](COP(O)(O)=S)[C@@H](O)[C@H]1O)COP(O)(O)=S. The zero-order chi connectivity index (χ0) is 24.4. The van der Waals surface area contributed by atoms with Crippen LogP contribution in [0.5, 0.6) is 0 Å². The van der Waals surface area contributed by atoms with Gasteiger partial charge in [0, 0.05) is 6.54 Å². The van der Waals surface area contributed by atoms with E-state index in [1.54, 1.807) is 13.0 Å². The van der Waals surface area contributed by atoms with Crippen molar-refractivity contribution in [3.8, 4) is 0 Å². The number of imidazole rings is 1. The molecule has 14 nitrogen and oxygen atoms in total. The zero-order valence-electron chi connectivity index (χ0n) is 17.1. The van der Waals surface area contributed by atoms with Gasteiger partial charge in [-0.05, 0) is 36.1 Å². The Bertz CT molecular complexity index is 1110. The second-order valence-corrected chi connectivity index (χ2v) is 12.4. The van der Waals surface area contributed by atoms with Crippen LogP contribution in [0, 0.1) is 0 Å². The molecule has 4 atom stereocenters. The first-order chi connectivity index (χ1) is 15.4. The maximum atomic E-state index is 10.4. The molecular formula is C15H23N5O9P2S2. The number of aliphatic hydroxyl groups excluding tert-OH is 2. The summed E-state index contributed by atoms with van der Waals surface area (Å²) in [6.45, 7) is -6.10. The molecule has 1 aliphatic rings. The molecule has 0 saturated carbocycles. The summed E-state index contributed by atoms with van der Waals surface area (Å²) >= 11 is 8.78. The van der Waals surface area contributed by atoms with Crippen LogP contribution >= 0.6 is 13.4 Å². The van der Waals surface area contributed by atoms with Crippen LogP contribution in [-0.2, 0) is 37.4 Å². The molecule has 2 aromatic heterocycles. The average molecular weight is 543 g/mol. The first-order valence-electron chi connectivity index (χ1n) is 9.34. The number of anilines is 1. The van der Waals surface area contributed by atoms with Crippen LogP contribution in [0.1, 0.15) is 13.2 Å². The predicted octanol–water partition coefficient (Wildman–Crippen LogP) is -0.745. The van der Waals surface area contributed by atoms with Gasteiger partial charge in [-0.1, -0.05) is 6.08 Å². The standard InChI is InChI=1S/C15H23N5O9P2S2/c1-8(4-27-30(23,24)32)2-3-16-13-10-14(18-6-17-13)20(7-19-10)15-12(22)11(21)9(29-15)5-28-31(25,26)33/h2,6-7,9,11-12,15,21-22H,3-5H2,1H3,(H,16,17,18)(H2,23,24,32)(H2,25,26,33)/b8-2+/t9-,11-,12-,15-/m1/s1. The molecule has 0 amide bonds. The number of hydrogen-bond acceptors (Lipinski definition) is 11. The first-order valence-corrected chi connectivity index (χ1v) is 14.6. The molecule has 0 spiro atoms. The van der Waals surface area contributed by atoms with E-state index in [1.807, 2.05) is 0 Å². The molecule has 1 aliphatic heterocycles. The van der Waals surface area contributed by atoms with E-state index in [0.717, 1.165) is 0 Å². The maximum Gasteiger partial charge on any atom is 0.322 e. The van der Waals surface area contributed by atoms with Gasteiger partial charge in [0.05, 0.1) is 19.5 Å². The number of fused-ring (bicyclic) bond motifs is 1. The van der Waals surface area contributed by atoms with Crippen LogP contribution in [-0.4, -0.2) is 87.4 Å². The van der Waals surface area contributed by atoms with Crippen molar-refractivity contribution < 1.29 is 43.6 Å². The quantitative estimate of drug-likeness (QED) is 0.146. The number of hydrogen-bond donors (Lipinski definition) is 7. The van der Waals surface area contributed by atoms with Gasteiger partial charge in [0.1, 0.15) is 24.6 Å². The minimum absolute atomic E-state index is 0.0367. The molecule has 3 rings (SSSR count). The van der Waals surface area contributed by atoms with Crippen molar-refractivity contribution in [2.45, 2.75) is 31.5 Å². The monoisotopic (exact) mass is 543 g/mol. The normalized spacial score (nSPS) is 24.5. The zero-order valence-corrected chi connectivity index (χ0v) is 20.5. The van der Waals surface area contributed by atoms with Gasteiger partial charge in [0.15, 0.2) is 23.2 Å². The highest BCUT2D eigenvalue weighted by molar-refractivity contribution is 8.07. The number of rotatable bonds is 10. The minimum Gasteiger partial charge on any atom is -0.387 e. The second-order valence-electron chi connectivity index (χ2n) is 7.07. The summed E-state index contributed by atoms with van der Waals surface area (Å²) in [5, 5.41) is 23.7. The summed E-state index contributed by atoms with van der Waals surface area (Å²) < 4.78 is 16.6. The van der Waals surface area contributed by atoms with Crippen LogP contribution in [0.3, 0.4) is 0 Å². The largest absolute Gasteiger partial charge is 0.387 e. The van der Waals surface area contributed by atoms with E-state index in [-0.39, 0.29) is 6.61 Å². The van der Waals surface area contributed by atoms with E-state index in [0.29, 0.717) is 29.1 Å². The van der Waals surface area contributed by atoms with Gasteiger partial charge >= 0.3 is 13.4 Å². The molecule has 184 valence electrons. The predicted molar refractivity (Wildman–Crippen MR) is 123 cm³/mol. The van der Waals surface area contributed by atoms with E-state index in [2.05, 4.69) is 43.9 Å². The summed E-state index contributed by atoms with van der Waals surface area (Å²) in [6, 6.07) is 0. The summed E-state index contributed by atoms with van der Waals surface area (Å²) in [7, 11) is 0. The van der Waals surface area contributed by atoms with E-state index in [4.69, 9.17) is 23.6 Å². The van der Waals surface area contributed by atoms with E-state index >= 15 is 0 Å². The van der Waals surface area contributed by atoms with Crippen molar-refractivity contribution in [1.82, 2.24) is 19.5 Å². The Kier molecular flexibility index (Phi) is 8.67. The van der Waals surface area contributed by atoms with Gasteiger partial charge in [0.2, 0.25) is 0 Å². The first kappa shape index (κ1) is 26.6. The third-order valence-electron chi connectivity index (χ3n) is 4.56. The van der Waals surface area contributed by atoms with Crippen molar-refractivity contribution in [3.05, 3.63) is 24.3 Å². The van der Waals surface area contributed by atoms with Crippen molar-refractivity contribution in [3.63, 3.8) is 0 Å². The number of aromatic nitrogens is 4. The van der Waals surface area contributed by atoms with Gasteiger partial charge < -0.3 is 48.9 Å². The molecule has 0 unspecified atom stereocenters. The molecular weight excluding hydrogens is 520 g/mol. The fraction of sp³-hybridized carbons (Fsp3) is 0.533.